The summed E-state index contributed by atoms with van der Waals surface area (Å²) in [6.45, 7) is 9.06. The van der Waals surface area contributed by atoms with Crippen LogP contribution >= 0.6 is 0 Å². The van der Waals surface area contributed by atoms with Crippen LogP contribution in [0.4, 0.5) is 0 Å². The van der Waals surface area contributed by atoms with Gasteiger partial charge in [0.1, 0.15) is 0 Å². The summed E-state index contributed by atoms with van der Waals surface area (Å²) in [5, 5.41) is 0. The van der Waals surface area contributed by atoms with Crippen LogP contribution in [-0.2, 0) is 12.8 Å². The van der Waals surface area contributed by atoms with Crippen LogP contribution in [0, 0.1) is 13.8 Å². The minimum absolute atomic E-state index is 1.26. The van der Waals surface area contributed by atoms with E-state index in [1.165, 1.54) is 49.7 Å². The first kappa shape index (κ1) is 13.3. The van der Waals surface area contributed by atoms with Crippen LogP contribution in [0.3, 0.4) is 0 Å². The number of hydrogen-bond donors (Lipinski definition) is 0. The van der Waals surface area contributed by atoms with Crippen molar-refractivity contribution in [2.75, 3.05) is 0 Å². The molecule has 1 aromatic rings. The maximum Gasteiger partial charge on any atom is -0.0274 e. The van der Waals surface area contributed by atoms with Gasteiger partial charge in [-0.25, -0.2) is 0 Å². The molecule has 0 aliphatic heterocycles. The van der Waals surface area contributed by atoms with E-state index in [1.54, 1.807) is 11.1 Å². The van der Waals surface area contributed by atoms with E-state index in [1.807, 2.05) is 0 Å². The van der Waals surface area contributed by atoms with Crippen LogP contribution in [0.5, 0.6) is 0 Å². The molecule has 0 atom stereocenters. The number of hydrogen-bond acceptors (Lipinski definition) is 0. The lowest BCUT2D eigenvalue weighted by atomic mass is 9.91. The SMILES string of the molecule is CCCCc1ccc(C)c(C)c1CCCC. The van der Waals surface area contributed by atoms with Gasteiger partial charge in [-0.2, -0.15) is 0 Å². The van der Waals surface area contributed by atoms with Crippen molar-refractivity contribution in [2.45, 2.75) is 66.2 Å². The first-order chi connectivity index (χ1) is 7.70. The summed E-state index contributed by atoms with van der Waals surface area (Å²) in [5.74, 6) is 0. The second kappa shape index (κ2) is 6.73. The predicted molar refractivity (Wildman–Crippen MR) is 73.1 cm³/mol. The van der Waals surface area contributed by atoms with Crippen molar-refractivity contribution >= 4 is 0 Å². The highest BCUT2D eigenvalue weighted by Gasteiger charge is 2.07. The van der Waals surface area contributed by atoms with E-state index >= 15 is 0 Å². The largest absolute Gasteiger partial charge is 0.0654 e. The van der Waals surface area contributed by atoms with Crippen LogP contribution in [0.25, 0.3) is 0 Å². The maximum absolute atomic E-state index is 2.35. The molecule has 0 fully saturated rings. The van der Waals surface area contributed by atoms with Crippen molar-refractivity contribution in [2.24, 2.45) is 0 Å². The van der Waals surface area contributed by atoms with Crippen molar-refractivity contribution in [3.8, 4) is 0 Å². The van der Waals surface area contributed by atoms with Crippen LogP contribution in [0.1, 0.15) is 61.8 Å². The van der Waals surface area contributed by atoms with E-state index in [4.69, 9.17) is 0 Å². The normalized spacial score (nSPS) is 10.8. The molecule has 0 aliphatic carbocycles. The minimum atomic E-state index is 1.26. The lowest BCUT2D eigenvalue weighted by Crippen LogP contribution is -2.00. The number of unbranched alkanes of at least 4 members (excludes halogenated alkanes) is 2. The first-order valence-electron chi connectivity index (χ1n) is 6.78. The Kier molecular flexibility index (Phi) is 5.59. The zero-order chi connectivity index (χ0) is 12.0. The Morgan fingerprint density at radius 2 is 1.50 bits per heavy atom. The van der Waals surface area contributed by atoms with Crippen LogP contribution < -0.4 is 0 Å². The molecule has 1 aromatic carbocycles. The predicted octanol–water partition coefficient (Wildman–Crippen LogP) is 4.99. The van der Waals surface area contributed by atoms with Crippen molar-refractivity contribution in [1.29, 1.82) is 0 Å². The fourth-order valence-corrected chi connectivity index (χ4v) is 2.23. The molecular weight excluding hydrogens is 192 g/mol. The summed E-state index contributed by atoms with van der Waals surface area (Å²) in [6.07, 6.45) is 7.76. The van der Waals surface area contributed by atoms with Crippen molar-refractivity contribution < 1.29 is 0 Å². The van der Waals surface area contributed by atoms with E-state index < -0.39 is 0 Å². The number of rotatable bonds is 6. The average Bonchev–Trinajstić information content (AvgIpc) is 2.29. The standard InChI is InChI=1S/C16H26/c1-5-7-9-15-12-11-13(3)14(4)16(15)10-8-6-2/h11-12H,5-10H2,1-4H3. The average molecular weight is 218 g/mol. The van der Waals surface area contributed by atoms with Crippen molar-refractivity contribution in [3.63, 3.8) is 0 Å². The summed E-state index contributed by atoms with van der Waals surface area (Å²) >= 11 is 0. The topological polar surface area (TPSA) is 0 Å². The summed E-state index contributed by atoms with van der Waals surface area (Å²) in [5.41, 5.74) is 6.21. The Hall–Kier alpha value is -0.780. The lowest BCUT2D eigenvalue weighted by Gasteiger charge is -2.14. The molecule has 0 spiro atoms. The van der Waals surface area contributed by atoms with E-state index in [0.717, 1.165) is 0 Å². The third-order valence-corrected chi connectivity index (χ3v) is 3.55. The van der Waals surface area contributed by atoms with E-state index in [2.05, 4.69) is 39.8 Å². The summed E-state index contributed by atoms with van der Waals surface area (Å²) in [4.78, 5) is 0. The Balaban J connectivity index is 2.91. The fraction of sp³-hybridized carbons (Fsp3) is 0.625. The summed E-state index contributed by atoms with van der Waals surface area (Å²) in [7, 11) is 0. The molecule has 0 bridgehead atoms. The zero-order valence-electron chi connectivity index (χ0n) is 11.4. The van der Waals surface area contributed by atoms with Gasteiger partial charge >= 0.3 is 0 Å². The molecule has 0 aliphatic rings. The molecule has 0 saturated heterocycles. The fourth-order valence-electron chi connectivity index (χ4n) is 2.23. The Morgan fingerprint density at radius 1 is 0.875 bits per heavy atom. The second-order valence-electron chi connectivity index (χ2n) is 4.85. The molecular formula is C16H26. The van der Waals surface area contributed by atoms with Gasteiger partial charge in [0.25, 0.3) is 0 Å². The Morgan fingerprint density at radius 3 is 2.12 bits per heavy atom. The molecule has 0 nitrogen and oxygen atoms in total. The monoisotopic (exact) mass is 218 g/mol. The van der Waals surface area contributed by atoms with Crippen LogP contribution in [-0.4, -0.2) is 0 Å². The highest BCUT2D eigenvalue weighted by atomic mass is 14.1. The molecule has 16 heavy (non-hydrogen) atoms. The highest BCUT2D eigenvalue weighted by molar-refractivity contribution is 5.40. The summed E-state index contributed by atoms with van der Waals surface area (Å²) < 4.78 is 0. The van der Waals surface area contributed by atoms with Gasteiger partial charge in [-0.05, 0) is 61.8 Å². The Labute approximate surface area is 101 Å². The van der Waals surface area contributed by atoms with E-state index in [-0.39, 0.29) is 0 Å². The molecule has 90 valence electrons. The smallest absolute Gasteiger partial charge is 0.0274 e. The highest BCUT2D eigenvalue weighted by Crippen LogP contribution is 2.22. The molecule has 0 heteroatoms. The van der Waals surface area contributed by atoms with Crippen molar-refractivity contribution in [3.05, 3.63) is 34.4 Å². The van der Waals surface area contributed by atoms with Gasteiger partial charge < -0.3 is 0 Å². The third-order valence-electron chi connectivity index (χ3n) is 3.55. The van der Waals surface area contributed by atoms with E-state index in [0.29, 0.717) is 0 Å². The Bertz CT molecular complexity index is 323. The van der Waals surface area contributed by atoms with Crippen LogP contribution in [0.15, 0.2) is 12.1 Å². The molecule has 0 unspecified atom stereocenters. The van der Waals surface area contributed by atoms with Gasteiger partial charge in [0.2, 0.25) is 0 Å². The zero-order valence-corrected chi connectivity index (χ0v) is 11.4. The van der Waals surface area contributed by atoms with Crippen LogP contribution in [0.2, 0.25) is 0 Å². The van der Waals surface area contributed by atoms with Gasteiger partial charge in [-0.3, -0.25) is 0 Å². The molecule has 0 aromatic heterocycles. The summed E-state index contributed by atoms with van der Waals surface area (Å²) in [6, 6.07) is 4.64. The van der Waals surface area contributed by atoms with E-state index in [9.17, 15) is 0 Å². The molecule has 0 radical (unpaired) electrons. The quantitative estimate of drug-likeness (QED) is 0.631. The molecule has 0 N–H and O–H groups in total. The third kappa shape index (κ3) is 3.37. The van der Waals surface area contributed by atoms with Gasteiger partial charge in [-0.15, -0.1) is 0 Å². The molecule has 0 heterocycles. The molecule has 1 rings (SSSR count). The molecule has 0 amide bonds. The first-order valence-corrected chi connectivity index (χ1v) is 6.78. The maximum atomic E-state index is 2.35. The second-order valence-corrected chi connectivity index (χ2v) is 4.85. The number of benzene rings is 1. The number of aryl methyl sites for hydroxylation is 2. The van der Waals surface area contributed by atoms with Gasteiger partial charge in [0.05, 0.1) is 0 Å². The lowest BCUT2D eigenvalue weighted by molar-refractivity contribution is 0.753. The molecule has 0 saturated carbocycles. The van der Waals surface area contributed by atoms with Crippen molar-refractivity contribution in [1.82, 2.24) is 0 Å². The van der Waals surface area contributed by atoms with Gasteiger partial charge in [-0.1, -0.05) is 38.8 Å². The minimum Gasteiger partial charge on any atom is -0.0654 e. The van der Waals surface area contributed by atoms with Gasteiger partial charge in [0.15, 0.2) is 0 Å². The van der Waals surface area contributed by atoms with Gasteiger partial charge in [0, 0.05) is 0 Å².